The molecule has 0 spiro atoms. The Kier molecular flexibility index (Phi) is 4.04. The fraction of sp³-hybridized carbons (Fsp3) is 0.350. The van der Waals surface area contributed by atoms with Crippen LogP contribution in [0.3, 0.4) is 0 Å². The number of nitrogens with zero attached hydrogens (tertiary/aromatic N) is 2. The molecule has 1 aliphatic rings. The summed E-state index contributed by atoms with van der Waals surface area (Å²) in [4.78, 5) is 23.8. The van der Waals surface area contributed by atoms with Gasteiger partial charge in [-0.1, -0.05) is 29.8 Å². The van der Waals surface area contributed by atoms with E-state index in [-0.39, 0.29) is 5.91 Å². The highest BCUT2D eigenvalue weighted by atomic mass is 32.1. The van der Waals surface area contributed by atoms with E-state index in [4.69, 9.17) is 4.98 Å². The van der Waals surface area contributed by atoms with Gasteiger partial charge in [0.15, 0.2) is 0 Å². The third-order valence-electron chi connectivity index (χ3n) is 4.67. The number of fused-ring (bicyclic) bond motifs is 1. The number of carbonyl (C=O) groups is 1. The first-order chi connectivity index (χ1) is 12.0. The van der Waals surface area contributed by atoms with Gasteiger partial charge in [0.25, 0.3) is 5.91 Å². The Morgan fingerprint density at radius 1 is 1.24 bits per heavy atom. The van der Waals surface area contributed by atoms with E-state index in [0.717, 1.165) is 37.7 Å². The Labute approximate surface area is 151 Å². The van der Waals surface area contributed by atoms with Crippen LogP contribution >= 0.6 is 11.3 Å². The van der Waals surface area contributed by atoms with Gasteiger partial charge in [-0.3, -0.25) is 4.79 Å². The molecule has 128 valence electrons. The molecule has 0 atom stereocenters. The summed E-state index contributed by atoms with van der Waals surface area (Å²) < 4.78 is 0. The number of rotatable bonds is 4. The second kappa shape index (κ2) is 6.23. The summed E-state index contributed by atoms with van der Waals surface area (Å²) in [5.74, 6) is 1.43. The zero-order valence-electron chi connectivity index (χ0n) is 14.7. The topological polar surface area (TPSA) is 54.9 Å². The van der Waals surface area contributed by atoms with Crippen LogP contribution in [0.1, 0.15) is 56.6 Å². The molecule has 4 rings (SSSR count). The Morgan fingerprint density at radius 2 is 2.04 bits per heavy atom. The molecule has 4 nitrogen and oxygen atoms in total. The molecule has 5 heteroatoms. The molecule has 25 heavy (non-hydrogen) atoms. The summed E-state index contributed by atoms with van der Waals surface area (Å²) in [6, 6.07) is 8.19. The maximum atomic E-state index is 12.7. The second-order valence-corrected chi connectivity index (χ2v) is 7.85. The van der Waals surface area contributed by atoms with E-state index in [2.05, 4.69) is 29.4 Å². The summed E-state index contributed by atoms with van der Waals surface area (Å²) in [5.41, 5.74) is 4.28. The van der Waals surface area contributed by atoms with Crippen molar-refractivity contribution in [3.8, 4) is 0 Å². The van der Waals surface area contributed by atoms with Gasteiger partial charge in [-0.05, 0) is 44.7 Å². The Bertz CT molecular complexity index is 972. The van der Waals surface area contributed by atoms with Gasteiger partial charge >= 0.3 is 0 Å². The van der Waals surface area contributed by atoms with Crippen LogP contribution in [-0.4, -0.2) is 15.9 Å². The van der Waals surface area contributed by atoms with Crippen molar-refractivity contribution in [2.24, 2.45) is 0 Å². The minimum atomic E-state index is -0.0330. The van der Waals surface area contributed by atoms with E-state index in [1.807, 2.05) is 26.0 Å². The van der Waals surface area contributed by atoms with Crippen LogP contribution in [0, 0.1) is 20.8 Å². The lowest BCUT2D eigenvalue weighted by molar-refractivity contribution is 0.0954. The monoisotopic (exact) mass is 351 g/mol. The van der Waals surface area contributed by atoms with Gasteiger partial charge in [0.2, 0.25) is 0 Å². The second-order valence-electron chi connectivity index (χ2n) is 6.85. The van der Waals surface area contributed by atoms with Crippen LogP contribution in [0.5, 0.6) is 0 Å². The molecule has 2 heterocycles. The van der Waals surface area contributed by atoms with Gasteiger partial charge in [-0.2, -0.15) is 0 Å². The number of nitrogens with one attached hydrogen (secondary N) is 1. The first-order valence-electron chi connectivity index (χ1n) is 8.64. The van der Waals surface area contributed by atoms with Crippen molar-refractivity contribution in [3.05, 3.63) is 57.4 Å². The van der Waals surface area contributed by atoms with Crippen molar-refractivity contribution in [2.45, 2.75) is 46.1 Å². The standard InChI is InChI=1S/C20H21N3OS/c1-11-5-4-6-14(9-11)10-21-19(24)17-12(2)16-13(3)22-18(15-7-8-15)23-20(16)25-17/h4-6,9,15H,7-8,10H2,1-3H3,(H,21,24). The zero-order chi connectivity index (χ0) is 17.6. The first kappa shape index (κ1) is 16.2. The zero-order valence-corrected chi connectivity index (χ0v) is 15.5. The minimum Gasteiger partial charge on any atom is -0.347 e. The van der Waals surface area contributed by atoms with Crippen LogP contribution in [-0.2, 0) is 6.54 Å². The Hall–Kier alpha value is -2.27. The highest BCUT2D eigenvalue weighted by molar-refractivity contribution is 7.20. The lowest BCUT2D eigenvalue weighted by atomic mass is 10.1. The maximum absolute atomic E-state index is 12.7. The average molecular weight is 351 g/mol. The van der Waals surface area contributed by atoms with Crippen LogP contribution in [0.15, 0.2) is 24.3 Å². The third-order valence-corrected chi connectivity index (χ3v) is 5.86. The van der Waals surface area contributed by atoms with Crippen molar-refractivity contribution < 1.29 is 4.79 Å². The fourth-order valence-electron chi connectivity index (χ4n) is 3.19. The van der Waals surface area contributed by atoms with Crippen LogP contribution in [0.25, 0.3) is 10.2 Å². The molecule has 0 aliphatic heterocycles. The molecule has 2 aromatic heterocycles. The van der Waals surface area contributed by atoms with Crippen molar-refractivity contribution in [1.82, 2.24) is 15.3 Å². The number of benzene rings is 1. The molecule has 1 aromatic carbocycles. The number of carbonyl (C=O) groups excluding carboxylic acids is 1. The molecule has 0 saturated heterocycles. The maximum Gasteiger partial charge on any atom is 0.261 e. The van der Waals surface area contributed by atoms with Crippen molar-refractivity contribution >= 4 is 27.5 Å². The predicted octanol–water partition coefficient (Wildman–Crippen LogP) is 4.42. The van der Waals surface area contributed by atoms with Gasteiger partial charge in [-0.25, -0.2) is 9.97 Å². The van der Waals surface area contributed by atoms with Crippen molar-refractivity contribution in [1.29, 1.82) is 0 Å². The highest BCUT2D eigenvalue weighted by Crippen LogP contribution is 2.40. The number of hydrogen-bond donors (Lipinski definition) is 1. The molecule has 1 saturated carbocycles. The number of thiophene rings is 1. The number of amides is 1. The van der Waals surface area contributed by atoms with E-state index < -0.39 is 0 Å². The predicted molar refractivity (Wildman–Crippen MR) is 101 cm³/mol. The van der Waals surface area contributed by atoms with Gasteiger partial charge < -0.3 is 5.32 Å². The highest BCUT2D eigenvalue weighted by Gasteiger charge is 2.28. The lowest BCUT2D eigenvalue weighted by Crippen LogP contribution is -2.22. The van der Waals surface area contributed by atoms with E-state index in [1.165, 1.54) is 29.7 Å². The van der Waals surface area contributed by atoms with Gasteiger partial charge in [-0.15, -0.1) is 11.3 Å². The summed E-state index contributed by atoms with van der Waals surface area (Å²) in [6.07, 6.45) is 2.36. The third kappa shape index (κ3) is 3.16. The Morgan fingerprint density at radius 3 is 2.76 bits per heavy atom. The van der Waals surface area contributed by atoms with Gasteiger partial charge in [0.1, 0.15) is 10.7 Å². The molecule has 0 bridgehead atoms. The van der Waals surface area contributed by atoms with Crippen molar-refractivity contribution in [2.75, 3.05) is 0 Å². The number of aromatic nitrogens is 2. The first-order valence-corrected chi connectivity index (χ1v) is 9.46. The molecular weight excluding hydrogens is 330 g/mol. The molecular formula is C20H21N3OS. The van der Waals surface area contributed by atoms with E-state index in [1.54, 1.807) is 0 Å². The normalized spacial score (nSPS) is 14.0. The SMILES string of the molecule is Cc1cccc(CNC(=O)c2sc3nc(C4CC4)nc(C)c3c2C)c1. The van der Waals surface area contributed by atoms with Crippen LogP contribution < -0.4 is 5.32 Å². The lowest BCUT2D eigenvalue weighted by Gasteiger charge is -2.05. The van der Waals surface area contributed by atoms with E-state index in [9.17, 15) is 4.79 Å². The molecule has 1 N–H and O–H groups in total. The molecule has 1 amide bonds. The number of aryl methyl sites for hydroxylation is 3. The van der Waals surface area contributed by atoms with E-state index >= 15 is 0 Å². The molecule has 1 fully saturated rings. The summed E-state index contributed by atoms with van der Waals surface area (Å²) in [5, 5.41) is 4.07. The number of hydrogen-bond acceptors (Lipinski definition) is 4. The Balaban J connectivity index is 1.60. The van der Waals surface area contributed by atoms with Crippen LogP contribution in [0.4, 0.5) is 0 Å². The molecule has 3 aromatic rings. The quantitative estimate of drug-likeness (QED) is 0.757. The largest absolute Gasteiger partial charge is 0.347 e. The molecule has 0 unspecified atom stereocenters. The summed E-state index contributed by atoms with van der Waals surface area (Å²) in [7, 11) is 0. The molecule has 1 aliphatic carbocycles. The smallest absolute Gasteiger partial charge is 0.261 e. The van der Waals surface area contributed by atoms with E-state index in [0.29, 0.717) is 12.5 Å². The minimum absolute atomic E-state index is 0.0330. The summed E-state index contributed by atoms with van der Waals surface area (Å²) in [6.45, 7) is 6.60. The van der Waals surface area contributed by atoms with Gasteiger partial charge in [0.05, 0.1) is 10.6 Å². The van der Waals surface area contributed by atoms with Gasteiger partial charge in [0, 0.05) is 17.8 Å². The average Bonchev–Trinajstić information content (AvgIpc) is 3.37. The summed E-state index contributed by atoms with van der Waals surface area (Å²) >= 11 is 1.48. The van der Waals surface area contributed by atoms with Crippen molar-refractivity contribution in [3.63, 3.8) is 0 Å². The van der Waals surface area contributed by atoms with Crippen LogP contribution in [0.2, 0.25) is 0 Å². The fourth-order valence-corrected chi connectivity index (χ4v) is 4.34. The molecule has 0 radical (unpaired) electrons.